The molecule has 2 atom stereocenters. The van der Waals surface area contributed by atoms with Crippen LogP contribution in [0.1, 0.15) is 13.3 Å². The molecule has 1 aromatic rings. The van der Waals surface area contributed by atoms with Gasteiger partial charge in [0.2, 0.25) is 0 Å². The second-order valence-electron chi connectivity index (χ2n) is 5.46. The molecule has 1 aromatic heterocycles. The highest BCUT2D eigenvalue weighted by Crippen LogP contribution is 2.69. The lowest BCUT2D eigenvalue weighted by Gasteiger charge is -2.28. The zero-order valence-electron chi connectivity index (χ0n) is 10.4. The van der Waals surface area contributed by atoms with Gasteiger partial charge in [-0.1, -0.05) is 6.92 Å². The van der Waals surface area contributed by atoms with Gasteiger partial charge in [-0.15, -0.1) is 0 Å². The van der Waals surface area contributed by atoms with E-state index in [4.69, 9.17) is 0 Å². The Bertz CT molecular complexity index is 556. The second-order valence-corrected chi connectivity index (χ2v) is 5.46. The Hall–Kier alpha value is -1.46. The highest BCUT2D eigenvalue weighted by molar-refractivity contribution is 5.40. The molecular weight excluding hydrogens is 240 g/mol. The van der Waals surface area contributed by atoms with Crippen molar-refractivity contribution in [3.8, 4) is 0 Å². The summed E-state index contributed by atoms with van der Waals surface area (Å²) in [5.74, 6) is -2.96. The first-order valence-electron chi connectivity index (χ1n) is 6.02. The number of aromatic nitrogens is 2. The smallest absolute Gasteiger partial charge is 0.293 e. The predicted molar refractivity (Wildman–Crippen MR) is 62.9 cm³/mol. The van der Waals surface area contributed by atoms with Gasteiger partial charge in [-0.25, -0.2) is 13.8 Å². The van der Waals surface area contributed by atoms with E-state index in [9.17, 15) is 13.6 Å². The molecule has 0 aromatic carbocycles. The quantitative estimate of drug-likeness (QED) is 0.758. The van der Waals surface area contributed by atoms with Crippen molar-refractivity contribution in [2.24, 2.45) is 18.4 Å². The number of nitrogens with zero attached hydrogens (tertiary/aromatic N) is 3. The topological polar surface area (TPSA) is 38.1 Å². The minimum atomic E-state index is -2.60. The Balaban J connectivity index is 1.89. The molecule has 0 spiro atoms. The van der Waals surface area contributed by atoms with Gasteiger partial charge >= 0.3 is 0 Å². The fraction of sp³-hybridized carbons (Fsp3) is 0.667. The van der Waals surface area contributed by atoms with E-state index in [0.29, 0.717) is 13.0 Å². The first kappa shape index (κ1) is 11.6. The number of piperidine rings is 1. The van der Waals surface area contributed by atoms with Crippen molar-refractivity contribution >= 4 is 5.82 Å². The summed E-state index contributed by atoms with van der Waals surface area (Å²) in [6.45, 7) is 2.32. The van der Waals surface area contributed by atoms with Crippen LogP contribution in [0.5, 0.6) is 0 Å². The van der Waals surface area contributed by atoms with E-state index < -0.39 is 17.3 Å². The van der Waals surface area contributed by atoms with Gasteiger partial charge in [0.15, 0.2) is 5.82 Å². The van der Waals surface area contributed by atoms with Crippen LogP contribution in [0, 0.1) is 11.3 Å². The van der Waals surface area contributed by atoms with Crippen LogP contribution in [0.2, 0.25) is 0 Å². The Morgan fingerprint density at radius 3 is 2.89 bits per heavy atom. The van der Waals surface area contributed by atoms with E-state index in [1.54, 1.807) is 25.1 Å². The Morgan fingerprint density at radius 2 is 2.22 bits per heavy atom. The Morgan fingerprint density at radius 1 is 1.50 bits per heavy atom. The highest BCUT2D eigenvalue weighted by atomic mass is 19.3. The molecule has 1 aliphatic heterocycles. The van der Waals surface area contributed by atoms with Crippen LogP contribution < -0.4 is 10.5 Å². The predicted octanol–water partition coefficient (Wildman–Crippen LogP) is 1.26. The van der Waals surface area contributed by atoms with Gasteiger partial charge in [0.1, 0.15) is 0 Å². The molecule has 6 heteroatoms. The number of halogens is 2. The largest absolute Gasteiger partial charge is 0.351 e. The Labute approximate surface area is 103 Å². The normalized spacial score (nSPS) is 33.1. The first-order valence-corrected chi connectivity index (χ1v) is 6.02. The van der Waals surface area contributed by atoms with Gasteiger partial charge in [-0.3, -0.25) is 4.79 Å². The minimum absolute atomic E-state index is 0.218. The maximum atomic E-state index is 13.6. The lowest BCUT2D eigenvalue weighted by atomic mass is 9.97. The van der Waals surface area contributed by atoms with Crippen LogP contribution in [-0.4, -0.2) is 28.6 Å². The number of fused-ring (bicyclic) bond motifs is 1. The zero-order valence-corrected chi connectivity index (χ0v) is 10.4. The summed E-state index contributed by atoms with van der Waals surface area (Å²) in [6, 6.07) is 0. The third kappa shape index (κ3) is 1.29. The summed E-state index contributed by atoms with van der Waals surface area (Å²) in [5, 5.41) is 0. The molecule has 0 N–H and O–H groups in total. The van der Waals surface area contributed by atoms with Crippen molar-refractivity contribution in [2.75, 3.05) is 18.0 Å². The lowest BCUT2D eigenvalue weighted by molar-refractivity contribution is 0.0636. The van der Waals surface area contributed by atoms with Crippen LogP contribution in [0.4, 0.5) is 14.6 Å². The highest BCUT2D eigenvalue weighted by Gasteiger charge is 2.78. The van der Waals surface area contributed by atoms with Gasteiger partial charge in [-0.2, -0.15) is 0 Å². The average Bonchev–Trinajstić information content (AvgIpc) is 2.77. The van der Waals surface area contributed by atoms with Crippen LogP contribution in [0.25, 0.3) is 0 Å². The van der Waals surface area contributed by atoms with Gasteiger partial charge in [0.05, 0.1) is 5.92 Å². The van der Waals surface area contributed by atoms with E-state index in [1.807, 2.05) is 0 Å². The maximum absolute atomic E-state index is 13.6. The molecule has 2 aliphatic rings. The van der Waals surface area contributed by atoms with Crippen molar-refractivity contribution < 1.29 is 8.78 Å². The number of hydrogen-bond acceptors (Lipinski definition) is 3. The van der Waals surface area contributed by atoms with E-state index in [0.717, 1.165) is 0 Å². The average molecular weight is 255 g/mol. The van der Waals surface area contributed by atoms with Crippen LogP contribution in [-0.2, 0) is 7.05 Å². The van der Waals surface area contributed by atoms with Crippen molar-refractivity contribution in [1.29, 1.82) is 0 Å². The molecule has 4 nitrogen and oxygen atoms in total. The molecule has 2 unspecified atom stereocenters. The molecule has 1 saturated heterocycles. The van der Waals surface area contributed by atoms with Gasteiger partial charge in [0.25, 0.3) is 11.5 Å². The maximum Gasteiger partial charge on any atom is 0.293 e. The number of alkyl halides is 2. The summed E-state index contributed by atoms with van der Waals surface area (Å²) in [7, 11) is 1.63. The number of aryl methyl sites for hydroxylation is 1. The van der Waals surface area contributed by atoms with Crippen molar-refractivity contribution in [2.45, 2.75) is 19.3 Å². The number of rotatable bonds is 1. The van der Waals surface area contributed by atoms with E-state index in [2.05, 4.69) is 4.98 Å². The molecule has 3 rings (SSSR count). The molecular formula is C12H15F2N3O. The zero-order chi connectivity index (χ0) is 13.1. The molecule has 0 radical (unpaired) electrons. The SMILES string of the molecule is Cn1ccnc(N2CCC3(C)C(C2)C3(F)F)c1=O. The van der Waals surface area contributed by atoms with Crippen LogP contribution >= 0.6 is 0 Å². The summed E-state index contributed by atoms with van der Waals surface area (Å²) < 4.78 is 28.7. The van der Waals surface area contributed by atoms with E-state index in [1.165, 1.54) is 10.8 Å². The molecule has 0 bridgehead atoms. The minimum Gasteiger partial charge on any atom is -0.351 e. The van der Waals surface area contributed by atoms with Crippen LogP contribution in [0.15, 0.2) is 17.2 Å². The van der Waals surface area contributed by atoms with Crippen molar-refractivity contribution in [1.82, 2.24) is 9.55 Å². The number of anilines is 1. The second kappa shape index (κ2) is 3.30. The molecule has 98 valence electrons. The number of hydrogen-bond donors (Lipinski definition) is 0. The standard InChI is InChI=1S/C12H15F2N3O/c1-11-3-5-17(7-8(11)12(11,13)14)9-10(18)16(2)6-4-15-9/h4,6,8H,3,5,7H2,1-2H3. The summed E-state index contributed by atoms with van der Waals surface area (Å²) in [6.07, 6.45) is 3.49. The molecule has 2 heterocycles. The van der Waals surface area contributed by atoms with Gasteiger partial charge < -0.3 is 9.47 Å². The fourth-order valence-corrected chi connectivity index (χ4v) is 2.90. The van der Waals surface area contributed by atoms with E-state index >= 15 is 0 Å². The van der Waals surface area contributed by atoms with E-state index in [-0.39, 0.29) is 17.9 Å². The summed E-state index contributed by atoms with van der Waals surface area (Å²) in [5.41, 5.74) is -1.10. The summed E-state index contributed by atoms with van der Waals surface area (Å²) >= 11 is 0. The van der Waals surface area contributed by atoms with Gasteiger partial charge in [-0.05, 0) is 6.42 Å². The third-order valence-corrected chi connectivity index (χ3v) is 4.49. The molecule has 1 aliphatic carbocycles. The third-order valence-electron chi connectivity index (χ3n) is 4.49. The fourth-order valence-electron chi connectivity index (χ4n) is 2.90. The van der Waals surface area contributed by atoms with Crippen molar-refractivity contribution in [3.05, 3.63) is 22.7 Å². The molecule has 2 fully saturated rings. The molecule has 0 amide bonds. The first-order chi connectivity index (χ1) is 8.38. The monoisotopic (exact) mass is 255 g/mol. The summed E-state index contributed by atoms with van der Waals surface area (Å²) in [4.78, 5) is 17.6. The Kier molecular flexibility index (Phi) is 2.13. The lowest BCUT2D eigenvalue weighted by Crippen LogP contribution is -2.39. The van der Waals surface area contributed by atoms with Crippen molar-refractivity contribution in [3.63, 3.8) is 0 Å². The van der Waals surface area contributed by atoms with Crippen LogP contribution in [0.3, 0.4) is 0 Å². The molecule has 1 saturated carbocycles. The molecule has 18 heavy (non-hydrogen) atoms. The van der Waals surface area contributed by atoms with Gasteiger partial charge in [0, 0.05) is 37.9 Å².